The van der Waals surface area contributed by atoms with Crippen molar-refractivity contribution in [2.45, 2.75) is 24.8 Å². The van der Waals surface area contributed by atoms with Crippen LogP contribution in [0.15, 0.2) is 47.4 Å². The molecule has 0 saturated carbocycles. The molecule has 106 valence electrons. The average Bonchev–Trinajstić information content (AvgIpc) is 2.36. The van der Waals surface area contributed by atoms with E-state index in [2.05, 4.69) is 6.07 Å². The van der Waals surface area contributed by atoms with E-state index in [-0.39, 0.29) is 6.04 Å². The van der Waals surface area contributed by atoms with Gasteiger partial charge in [0.05, 0.1) is 10.9 Å². The lowest BCUT2D eigenvalue weighted by atomic mass is 9.96. The van der Waals surface area contributed by atoms with Gasteiger partial charge >= 0.3 is 0 Å². The van der Waals surface area contributed by atoms with Gasteiger partial charge in [0.1, 0.15) is 0 Å². The van der Waals surface area contributed by atoms with Gasteiger partial charge in [-0.3, -0.25) is 0 Å². The minimum Gasteiger partial charge on any atom is -0.320 e. The molecular formula is C16H19NO2S. The molecule has 0 aliphatic carbocycles. The van der Waals surface area contributed by atoms with Crippen LogP contribution in [-0.2, 0) is 9.84 Å². The fourth-order valence-corrected chi connectivity index (χ4v) is 3.00. The summed E-state index contributed by atoms with van der Waals surface area (Å²) in [7, 11) is -3.21. The third-order valence-corrected chi connectivity index (χ3v) is 4.36. The predicted octanol–water partition coefficient (Wildman–Crippen LogP) is 2.76. The summed E-state index contributed by atoms with van der Waals surface area (Å²) in [6.07, 6.45) is 1.20. The number of benzene rings is 2. The van der Waals surface area contributed by atoms with Gasteiger partial charge in [-0.2, -0.15) is 0 Å². The molecule has 4 heteroatoms. The van der Waals surface area contributed by atoms with E-state index in [9.17, 15) is 8.42 Å². The van der Waals surface area contributed by atoms with Gasteiger partial charge in [-0.25, -0.2) is 8.42 Å². The number of nitrogens with two attached hydrogens (primary N) is 1. The maximum absolute atomic E-state index is 11.6. The first-order valence-corrected chi connectivity index (χ1v) is 8.30. The second-order valence-corrected chi connectivity index (χ2v) is 7.26. The van der Waals surface area contributed by atoms with Crippen LogP contribution in [0.5, 0.6) is 0 Å². The van der Waals surface area contributed by atoms with E-state index in [4.69, 9.17) is 5.73 Å². The highest BCUT2D eigenvalue weighted by molar-refractivity contribution is 7.90. The van der Waals surface area contributed by atoms with Crippen molar-refractivity contribution < 1.29 is 8.42 Å². The third-order valence-electron chi connectivity index (χ3n) is 3.25. The van der Waals surface area contributed by atoms with Crippen molar-refractivity contribution in [2.24, 2.45) is 5.73 Å². The molecule has 2 aromatic rings. The predicted molar refractivity (Wildman–Crippen MR) is 81.5 cm³/mol. The van der Waals surface area contributed by atoms with Gasteiger partial charge in [0.25, 0.3) is 0 Å². The van der Waals surface area contributed by atoms with Gasteiger partial charge in [-0.15, -0.1) is 0 Å². The fraction of sp³-hybridized carbons (Fsp3) is 0.250. The van der Waals surface area contributed by atoms with Crippen molar-refractivity contribution in [3.63, 3.8) is 0 Å². The Morgan fingerprint density at radius 1 is 0.950 bits per heavy atom. The summed E-state index contributed by atoms with van der Waals surface area (Å²) in [4.78, 5) is 0.301. The first-order valence-electron chi connectivity index (χ1n) is 6.41. The van der Waals surface area contributed by atoms with E-state index in [1.165, 1.54) is 6.26 Å². The van der Waals surface area contributed by atoms with Crippen LogP contribution in [-0.4, -0.2) is 14.7 Å². The summed E-state index contributed by atoms with van der Waals surface area (Å²) in [6, 6.07) is 12.7. The van der Waals surface area contributed by atoms with Crippen LogP contribution < -0.4 is 5.73 Å². The molecule has 0 fully saturated rings. The van der Waals surface area contributed by atoms with Crippen LogP contribution in [0.3, 0.4) is 0 Å². The number of aryl methyl sites for hydroxylation is 2. The van der Waals surface area contributed by atoms with Crippen molar-refractivity contribution >= 4 is 9.84 Å². The second kappa shape index (κ2) is 5.38. The van der Waals surface area contributed by atoms with Crippen molar-refractivity contribution in [1.82, 2.24) is 0 Å². The standard InChI is InChI=1S/C16H19NO2S/c1-11-7-12(2)9-14(8-11)16(17)13-5-4-6-15(10-13)20(3,18)19/h4-10,16H,17H2,1-3H3. The summed E-state index contributed by atoms with van der Waals surface area (Å²) in [5.74, 6) is 0. The highest BCUT2D eigenvalue weighted by Crippen LogP contribution is 2.23. The number of rotatable bonds is 3. The molecule has 2 N–H and O–H groups in total. The van der Waals surface area contributed by atoms with Crippen LogP contribution in [0.1, 0.15) is 28.3 Å². The Labute approximate surface area is 120 Å². The van der Waals surface area contributed by atoms with Crippen LogP contribution in [0.25, 0.3) is 0 Å². The van der Waals surface area contributed by atoms with Crippen molar-refractivity contribution in [2.75, 3.05) is 6.26 Å². The minimum atomic E-state index is -3.21. The Morgan fingerprint density at radius 3 is 2.10 bits per heavy atom. The van der Waals surface area contributed by atoms with Crippen LogP contribution in [0, 0.1) is 13.8 Å². The average molecular weight is 289 g/mol. The van der Waals surface area contributed by atoms with E-state index in [1.54, 1.807) is 18.2 Å². The monoisotopic (exact) mass is 289 g/mol. The van der Waals surface area contributed by atoms with Crippen LogP contribution in [0.2, 0.25) is 0 Å². The molecule has 0 saturated heterocycles. The van der Waals surface area contributed by atoms with E-state index >= 15 is 0 Å². The molecule has 0 amide bonds. The Balaban J connectivity index is 2.45. The van der Waals surface area contributed by atoms with Crippen LogP contribution in [0.4, 0.5) is 0 Å². The zero-order chi connectivity index (χ0) is 14.9. The molecule has 0 aliphatic rings. The Morgan fingerprint density at radius 2 is 1.55 bits per heavy atom. The summed E-state index contributed by atoms with van der Waals surface area (Å²) >= 11 is 0. The first-order chi connectivity index (χ1) is 9.27. The lowest BCUT2D eigenvalue weighted by Crippen LogP contribution is -2.13. The lowest BCUT2D eigenvalue weighted by Gasteiger charge is -2.15. The molecule has 2 aromatic carbocycles. The maximum Gasteiger partial charge on any atom is 0.175 e. The van der Waals surface area contributed by atoms with Crippen LogP contribution >= 0.6 is 0 Å². The van der Waals surface area contributed by atoms with Crippen molar-refractivity contribution in [3.05, 3.63) is 64.7 Å². The number of hydrogen-bond donors (Lipinski definition) is 1. The molecule has 3 nitrogen and oxygen atoms in total. The normalized spacial score (nSPS) is 13.2. The van der Waals surface area contributed by atoms with E-state index in [0.717, 1.165) is 22.3 Å². The van der Waals surface area contributed by atoms with Gasteiger partial charge in [0.15, 0.2) is 9.84 Å². The first kappa shape index (κ1) is 14.8. The van der Waals surface area contributed by atoms with Gasteiger partial charge in [-0.05, 0) is 37.1 Å². The molecule has 0 heterocycles. The molecule has 0 aliphatic heterocycles. The molecule has 0 bridgehead atoms. The summed E-state index contributed by atoms with van der Waals surface area (Å²) in [5, 5.41) is 0. The van der Waals surface area contributed by atoms with Crippen molar-refractivity contribution in [3.8, 4) is 0 Å². The maximum atomic E-state index is 11.6. The highest BCUT2D eigenvalue weighted by Gasteiger charge is 2.13. The Bertz CT molecular complexity index is 716. The quantitative estimate of drug-likeness (QED) is 0.945. The SMILES string of the molecule is Cc1cc(C)cc(C(N)c2cccc(S(C)(=O)=O)c2)c1. The molecular weight excluding hydrogens is 270 g/mol. The fourth-order valence-electron chi connectivity index (χ4n) is 2.32. The Kier molecular flexibility index (Phi) is 3.97. The third kappa shape index (κ3) is 3.26. The molecule has 2 rings (SSSR count). The molecule has 1 unspecified atom stereocenters. The topological polar surface area (TPSA) is 60.2 Å². The smallest absolute Gasteiger partial charge is 0.175 e. The van der Waals surface area contributed by atoms with E-state index in [0.29, 0.717) is 4.90 Å². The Hall–Kier alpha value is -1.65. The van der Waals surface area contributed by atoms with E-state index in [1.807, 2.05) is 32.0 Å². The van der Waals surface area contributed by atoms with E-state index < -0.39 is 9.84 Å². The van der Waals surface area contributed by atoms with Crippen molar-refractivity contribution in [1.29, 1.82) is 0 Å². The van der Waals surface area contributed by atoms with Gasteiger partial charge in [0, 0.05) is 6.26 Å². The summed E-state index contributed by atoms with van der Waals surface area (Å²) in [6.45, 7) is 4.05. The molecule has 0 radical (unpaired) electrons. The number of sulfone groups is 1. The van der Waals surface area contributed by atoms with Gasteiger partial charge in [-0.1, -0.05) is 41.5 Å². The second-order valence-electron chi connectivity index (χ2n) is 5.24. The summed E-state index contributed by atoms with van der Waals surface area (Å²) in [5.41, 5.74) is 10.4. The van der Waals surface area contributed by atoms with Gasteiger partial charge < -0.3 is 5.73 Å². The molecule has 0 spiro atoms. The number of hydrogen-bond acceptors (Lipinski definition) is 3. The van der Waals surface area contributed by atoms with Gasteiger partial charge in [0.2, 0.25) is 0 Å². The largest absolute Gasteiger partial charge is 0.320 e. The minimum absolute atomic E-state index is 0.301. The molecule has 0 aromatic heterocycles. The zero-order valence-electron chi connectivity index (χ0n) is 11.9. The molecule has 20 heavy (non-hydrogen) atoms. The lowest BCUT2D eigenvalue weighted by molar-refractivity contribution is 0.601. The highest BCUT2D eigenvalue weighted by atomic mass is 32.2. The summed E-state index contributed by atoms with van der Waals surface area (Å²) < 4.78 is 23.2. The molecule has 1 atom stereocenters. The zero-order valence-corrected chi connectivity index (χ0v) is 12.7.